The first-order chi connectivity index (χ1) is 15.2. The van der Waals surface area contributed by atoms with Crippen LogP contribution in [0.3, 0.4) is 0 Å². The Morgan fingerprint density at radius 1 is 1.16 bits per heavy atom. The molecule has 2 aromatic carbocycles. The number of H-pyrrole nitrogens is 1. The topological polar surface area (TPSA) is 37.5 Å². The maximum Gasteiger partial charge on any atom is 0.189 e. The smallest absolute Gasteiger partial charge is 0.189 e. The van der Waals surface area contributed by atoms with Gasteiger partial charge in [0.2, 0.25) is 0 Å². The van der Waals surface area contributed by atoms with Gasteiger partial charge in [-0.3, -0.25) is 4.90 Å². The Bertz CT molecular complexity index is 1200. The van der Waals surface area contributed by atoms with Crippen LogP contribution in [0.1, 0.15) is 29.8 Å². The van der Waals surface area contributed by atoms with Gasteiger partial charge in [-0.1, -0.05) is 54.9 Å². The quantitative estimate of drug-likeness (QED) is 0.572. The first-order valence-corrected chi connectivity index (χ1v) is 11.3. The molecule has 3 unspecified atom stereocenters. The monoisotopic (exact) mass is 432 g/mol. The van der Waals surface area contributed by atoms with E-state index in [-0.39, 0.29) is 18.1 Å². The van der Waals surface area contributed by atoms with Crippen LogP contribution in [0.5, 0.6) is 0 Å². The fourth-order valence-electron chi connectivity index (χ4n) is 5.32. The fraction of sp³-hybridized carbons (Fsp3) is 0.308. The fourth-order valence-corrected chi connectivity index (χ4v) is 5.50. The average molecular weight is 433 g/mol. The second-order valence-corrected chi connectivity index (χ2v) is 9.17. The van der Waals surface area contributed by atoms with E-state index in [9.17, 15) is 0 Å². The largest absolute Gasteiger partial charge is 0.469 e. The van der Waals surface area contributed by atoms with E-state index < -0.39 is 0 Å². The summed E-state index contributed by atoms with van der Waals surface area (Å²) in [5.74, 6) is 1.23. The van der Waals surface area contributed by atoms with E-state index in [1.165, 1.54) is 27.8 Å². The Kier molecular flexibility index (Phi) is 4.67. The zero-order chi connectivity index (χ0) is 20.9. The lowest BCUT2D eigenvalue weighted by Crippen LogP contribution is -2.37. The standard InChI is InChI=1S/C26H25ClN2O2/c1-16-11-18(12-23-26(16)31-15-30-23)25-24-20(21-13-19(27)7-8-22(21)28-24)9-10-29(25)14-17-5-3-2-4-6-17/h2-8,11-13,16,25-26,28H,9-10,14-15H2,1H3. The van der Waals surface area contributed by atoms with Crippen molar-refractivity contribution in [2.45, 2.75) is 32.0 Å². The number of rotatable bonds is 3. The lowest BCUT2D eigenvalue weighted by Gasteiger charge is -2.38. The number of ether oxygens (including phenoxy) is 2. The van der Waals surface area contributed by atoms with Crippen molar-refractivity contribution in [3.8, 4) is 0 Å². The molecule has 0 spiro atoms. The Balaban J connectivity index is 1.47. The highest BCUT2D eigenvalue weighted by Crippen LogP contribution is 2.43. The van der Waals surface area contributed by atoms with E-state index in [0.717, 1.165) is 35.8 Å². The zero-order valence-corrected chi connectivity index (χ0v) is 18.2. The van der Waals surface area contributed by atoms with E-state index in [2.05, 4.69) is 71.4 Å². The number of aromatic amines is 1. The molecule has 158 valence electrons. The third kappa shape index (κ3) is 3.30. The molecule has 3 aromatic rings. The molecule has 6 rings (SSSR count). The summed E-state index contributed by atoms with van der Waals surface area (Å²) < 4.78 is 11.6. The number of aromatic nitrogens is 1. The molecule has 0 amide bonds. The first-order valence-electron chi connectivity index (χ1n) is 10.9. The first kappa shape index (κ1) is 19.2. The predicted molar refractivity (Wildman–Crippen MR) is 123 cm³/mol. The molecule has 4 nitrogen and oxygen atoms in total. The zero-order valence-electron chi connectivity index (χ0n) is 17.5. The summed E-state index contributed by atoms with van der Waals surface area (Å²) >= 11 is 6.34. The molecule has 1 fully saturated rings. The van der Waals surface area contributed by atoms with Crippen LogP contribution < -0.4 is 0 Å². The molecule has 1 aliphatic carbocycles. The summed E-state index contributed by atoms with van der Waals surface area (Å²) in [6.07, 6.45) is 5.60. The molecule has 31 heavy (non-hydrogen) atoms. The summed E-state index contributed by atoms with van der Waals surface area (Å²) in [7, 11) is 0. The molecule has 0 bridgehead atoms. The van der Waals surface area contributed by atoms with Gasteiger partial charge in [0, 0.05) is 40.6 Å². The number of halogens is 1. The van der Waals surface area contributed by atoms with Crippen molar-refractivity contribution in [2.24, 2.45) is 5.92 Å². The predicted octanol–water partition coefficient (Wildman–Crippen LogP) is 5.75. The number of nitrogens with zero attached hydrogens (tertiary/aromatic N) is 1. The lowest BCUT2D eigenvalue weighted by molar-refractivity contribution is 0.0385. The van der Waals surface area contributed by atoms with Crippen molar-refractivity contribution in [3.05, 3.63) is 93.9 Å². The van der Waals surface area contributed by atoms with E-state index in [1.807, 2.05) is 6.07 Å². The van der Waals surface area contributed by atoms with Crippen molar-refractivity contribution < 1.29 is 9.47 Å². The van der Waals surface area contributed by atoms with Gasteiger partial charge in [0.05, 0.1) is 6.04 Å². The molecule has 1 aromatic heterocycles. The Morgan fingerprint density at radius 2 is 2.03 bits per heavy atom. The number of hydrogen-bond acceptors (Lipinski definition) is 3. The average Bonchev–Trinajstić information content (AvgIpc) is 3.39. The molecule has 3 aliphatic rings. The highest BCUT2D eigenvalue weighted by molar-refractivity contribution is 6.31. The molecule has 2 aliphatic heterocycles. The van der Waals surface area contributed by atoms with Gasteiger partial charge in [-0.25, -0.2) is 0 Å². The molecule has 0 saturated carbocycles. The van der Waals surface area contributed by atoms with E-state index >= 15 is 0 Å². The van der Waals surface area contributed by atoms with Crippen molar-refractivity contribution >= 4 is 22.5 Å². The maximum absolute atomic E-state index is 6.34. The van der Waals surface area contributed by atoms with Crippen LogP contribution >= 0.6 is 11.6 Å². The van der Waals surface area contributed by atoms with Gasteiger partial charge in [-0.15, -0.1) is 0 Å². The molecular weight excluding hydrogens is 408 g/mol. The Morgan fingerprint density at radius 3 is 2.90 bits per heavy atom. The molecule has 1 N–H and O–H groups in total. The maximum atomic E-state index is 6.34. The SMILES string of the molecule is CC1C=C(C2c3[nH]c4ccc(Cl)cc4c3CCN2Cc2ccccc2)C=C2OCOC21. The summed E-state index contributed by atoms with van der Waals surface area (Å²) in [4.78, 5) is 6.31. The van der Waals surface area contributed by atoms with Crippen LogP contribution in [0.15, 0.2) is 72.0 Å². The molecule has 0 radical (unpaired) electrons. The second-order valence-electron chi connectivity index (χ2n) is 8.74. The summed E-state index contributed by atoms with van der Waals surface area (Å²) in [6, 6.07) is 17.0. The van der Waals surface area contributed by atoms with Crippen LogP contribution in [0.25, 0.3) is 10.9 Å². The molecule has 5 heteroatoms. The van der Waals surface area contributed by atoms with Gasteiger partial charge in [0.1, 0.15) is 11.9 Å². The number of benzene rings is 2. The number of fused-ring (bicyclic) bond motifs is 4. The minimum atomic E-state index is 0.0379. The van der Waals surface area contributed by atoms with Crippen LogP contribution in [0, 0.1) is 5.92 Å². The van der Waals surface area contributed by atoms with Crippen LogP contribution in [-0.4, -0.2) is 29.3 Å². The van der Waals surface area contributed by atoms with Crippen molar-refractivity contribution in [1.29, 1.82) is 0 Å². The molecule has 3 atom stereocenters. The van der Waals surface area contributed by atoms with E-state index in [4.69, 9.17) is 21.1 Å². The van der Waals surface area contributed by atoms with Gasteiger partial charge in [-0.2, -0.15) is 0 Å². The van der Waals surface area contributed by atoms with E-state index in [1.54, 1.807) is 0 Å². The van der Waals surface area contributed by atoms with Gasteiger partial charge < -0.3 is 14.5 Å². The lowest BCUT2D eigenvalue weighted by atomic mass is 9.85. The third-order valence-corrected chi connectivity index (χ3v) is 6.96. The van der Waals surface area contributed by atoms with Gasteiger partial charge in [0.15, 0.2) is 6.79 Å². The Labute approximate surface area is 187 Å². The third-order valence-electron chi connectivity index (χ3n) is 6.73. The minimum Gasteiger partial charge on any atom is -0.469 e. The van der Waals surface area contributed by atoms with Crippen molar-refractivity contribution in [3.63, 3.8) is 0 Å². The normalized spacial score (nSPS) is 25.5. The van der Waals surface area contributed by atoms with E-state index in [0.29, 0.717) is 6.79 Å². The van der Waals surface area contributed by atoms with Gasteiger partial charge in [-0.05, 0) is 47.4 Å². The number of nitrogens with one attached hydrogen (secondary N) is 1. The molecule has 3 heterocycles. The Hall–Kier alpha value is -2.53. The highest BCUT2D eigenvalue weighted by atomic mass is 35.5. The van der Waals surface area contributed by atoms with Crippen molar-refractivity contribution in [1.82, 2.24) is 9.88 Å². The summed E-state index contributed by atoms with van der Waals surface area (Å²) in [6.45, 7) is 4.44. The summed E-state index contributed by atoms with van der Waals surface area (Å²) in [5, 5.41) is 2.02. The van der Waals surface area contributed by atoms with Crippen LogP contribution in [0.2, 0.25) is 5.02 Å². The van der Waals surface area contributed by atoms with Crippen molar-refractivity contribution in [2.75, 3.05) is 13.3 Å². The second kappa shape index (κ2) is 7.56. The molecule has 1 saturated heterocycles. The highest BCUT2D eigenvalue weighted by Gasteiger charge is 2.38. The molecular formula is C26H25ClN2O2. The minimum absolute atomic E-state index is 0.0379. The van der Waals surface area contributed by atoms with Crippen LogP contribution in [-0.2, 0) is 22.4 Å². The van der Waals surface area contributed by atoms with Gasteiger partial charge in [0.25, 0.3) is 0 Å². The van der Waals surface area contributed by atoms with Gasteiger partial charge >= 0.3 is 0 Å². The summed E-state index contributed by atoms with van der Waals surface area (Å²) in [5.41, 5.74) is 6.40. The number of hydrogen-bond donors (Lipinski definition) is 1. The van der Waals surface area contributed by atoms with Crippen LogP contribution in [0.4, 0.5) is 0 Å².